The molecule has 0 atom stereocenters. The monoisotopic (exact) mass is 416 g/mol. The van der Waals surface area contributed by atoms with Crippen LogP contribution in [0, 0.1) is 5.92 Å². The lowest BCUT2D eigenvalue weighted by Gasteiger charge is -2.22. The van der Waals surface area contributed by atoms with Crippen molar-refractivity contribution in [2.24, 2.45) is 11.0 Å². The summed E-state index contributed by atoms with van der Waals surface area (Å²) in [6.07, 6.45) is 3.97. The van der Waals surface area contributed by atoms with Gasteiger partial charge in [0.05, 0.1) is 17.0 Å². The highest BCUT2D eigenvalue weighted by molar-refractivity contribution is 8.08. The van der Waals surface area contributed by atoms with E-state index in [9.17, 15) is 9.59 Å². The summed E-state index contributed by atoms with van der Waals surface area (Å²) in [5.74, 6) is 0.0842. The van der Waals surface area contributed by atoms with Crippen molar-refractivity contribution in [3.8, 4) is 0 Å². The Kier molecular flexibility index (Phi) is 4.67. The van der Waals surface area contributed by atoms with Crippen LogP contribution in [-0.2, 0) is 9.59 Å². The van der Waals surface area contributed by atoms with Gasteiger partial charge in [0.2, 0.25) is 5.91 Å². The van der Waals surface area contributed by atoms with Gasteiger partial charge in [-0.05, 0) is 56.2 Å². The van der Waals surface area contributed by atoms with Crippen LogP contribution in [0.3, 0.4) is 0 Å². The molecular formula is C23H20N4O2S. The van der Waals surface area contributed by atoms with E-state index < -0.39 is 0 Å². The van der Waals surface area contributed by atoms with Gasteiger partial charge in [0.1, 0.15) is 0 Å². The number of hydrogen-bond acceptors (Lipinski definition) is 5. The quantitative estimate of drug-likeness (QED) is 0.647. The van der Waals surface area contributed by atoms with E-state index in [1.54, 1.807) is 11.8 Å². The van der Waals surface area contributed by atoms with Gasteiger partial charge in [-0.15, -0.1) is 0 Å². The zero-order valence-corrected chi connectivity index (χ0v) is 17.2. The van der Waals surface area contributed by atoms with Gasteiger partial charge in [0.15, 0.2) is 0 Å². The highest BCUT2D eigenvalue weighted by atomic mass is 32.2. The lowest BCUT2D eigenvalue weighted by atomic mass is 10.0. The molecule has 0 aromatic heterocycles. The van der Waals surface area contributed by atoms with E-state index in [1.807, 2.05) is 55.5 Å². The molecule has 1 aliphatic carbocycles. The lowest BCUT2D eigenvalue weighted by Crippen LogP contribution is -2.18. The van der Waals surface area contributed by atoms with Crippen molar-refractivity contribution in [3.05, 3.63) is 71.4 Å². The number of amides is 2. The number of carbonyl (C=O) groups is 2. The SMILES string of the molecule is CC1=NNC(=O)/C1=C1/C=C(Sc2ccc(NC(=O)C3CC3)cc2)c2ccccc2N1. The van der Waals surface area contributed by atoms with Crippen molar-refractivity contribution in [3.63, 3.8) is 0 Å². The maximum absolute atomic E-state index is 12.2. The van der Waals surface area contributed by atoms with Gasteiger partial charge in [-0.1, -0.05) is 30.0 Å². The number of rotatable bonds is 4. The number of nitrogens with zero attached hydrogens (tertiary/aromatic N) is 1. The molecule has 0 unspecified atom stereocenters. The topological polar surface area (TPSA) is 82.6 Å². The number of allylic oxidation sites excluding steroid dienone is 1. The molecule has 2 aromatic carbocycles. The maximum Gasteiger partial charge on any atom is 0.275 e. The molecule has 2 aromatic rings. The third-order valence-corrected chi connectivity index (χ3v) is 6.28. The highest BCUT2D eigenvalue weighted by Gasteiger charge is 2.29. The second kappa shape index (κ2) is 7.50. The smallest absolute Gasteiger partial charge is 0.275 e. The number of thioether (sulfide) groups is 1. The van der Waals surface area contributed by atoms with Crippen LogP contribution in [0.4, 0.5) is 11.4 Å². The zero-order valence-electron chi connectivity index (χ0n) is 16.4. The van der Waals surface area contributed by atoms with Gasteiger partial charge >= 0.3 is 0 Å². The van der Waals surface area contributed by atoms with Crippen LogP contribution in [0.5, 0.6) is 0 Å². The minimum atomic E-state index is -0.203. The Morgan fingerprint density at radius 1 is 1.13 bits per heavy atom. The molecule has 6 nitrogen and oxygen atoms in total. The normalized spacial score (nSPS) is 20.0. The van der Waals surface area contributed by atoms with Crippen LogP contribution in [0.1, 0.15) is 25.3 Å². The van der Waals surface area contributed by atoms with E-state index in [4.69, 9.17) is 0 Å². The van der Waals surface area contributed by atoms with Gasteiger partial charge < -0.3 is 10.6 Å². The number of nitrogens with one attached hydrogen (secondary N) is 3. The van der Waals surface area contributed by atoms with E-state index in [0.717, 1.165) is 45.3 Å². The average molecular weight is 417 g/mol. The summed E-state index contributed by atoms with van der Waals surface area (Å²) in [6.45, 7) is 1.82. The Hall–Kier alpha value is -3.32. The van der Waals surface area contributed by atoms with Gasteiger partial charge in [-0.3, -0.25) is 9.59 Å². The van der Waals surface area contributed by atoms with Crippen LogP contribution in [0.15, 0.2) is 75.9 Å². The first kappa shape index (κ1) is 18.7. The van der Waals surface area contributed by atoms with Gasteiger partial charge in [-0.2, -0.15) is 5.10 Å². The molecule has 2 heterocycles. The summed E-state index contributed by atoms with van der Waals surface area (Å²) in [7, 11) is 0. The molecule has 2 amide bonds. The summed E-state index contributed by atoms with van der Waals surface area (Å²) >= 11 is 1.62. The number of anilines is 2. The largest absolute Gasteiger partial charge is 0.354 e. The fraction of sp³-hybridized carbons (Fsp3) is 0.174. The second-order valence-corrected chi connectivity index (χ2v) is 8.61. The van der Waals surface area contributed by atoms with Crippen LogP contribution >= 0.6 is 11.8 Å². The molecule has 3 N–H and O–H groups in total. The number of fused-ring (bicyclic) bond motifs is 1. The zero-order chi connectivity index (χ0) is 20.7. The molecule has 7 heteroatoms. The molecule has 0 radical (unpaired) electrons. The third kappa shape index (κ3) is 3.64. The van der Waals surface area contributed by atoms with Crippen molar-refractivity contribution in [2.75, 3.05) is 10.6 Å². The summed E-state index contributed by atoms with van der Waals surface area (Å²) in [5, 5.41) is 10.4. The second-order valence-electron chi connectivity index (χ2n) is 7.50. The molecule has 0 saturated heterocycles. The van der Waals surface area contributed by atoms with Crippen LogP contribution in [-0.4, -0.2) is 17.5 Å². The molecule has 5 rings (SSSR count). The molecule has 0 spiro atoms. The minimum absolute atomic E-state index is 0.105. The van der Waals surface area contributed by atoms with E-state index in [2.05, 4.69) is 27.2 Å². The van der Waals surface area contributed by atoms with E-state index in [-0.39, 0.29) is 17.7 Å². The Balaban J connectivity index is 1.44. The van der Waals surface area contributed by atoms with E-state index >= 15 is 0 Å². The fourth-order valence-electron chi connectivity index (χ4n) is 3.47. The first-order valence-corrected chi connectivity index (χ1v) is 10.7. The molecule has 1 fully saturated rings. The highest BCUT2D eigenvalue weighted by Crippen LogP contribution is 2.42. The number of carbonyl (C=O) groups excluding carboxylic acids is 2. The number of hydrogen-bond donors (Lipinski definition) is 3. The maximum atomic E-state index is 12.2. The summed E-state index contributed by atoms with van der Waals surface area (Å²) in [4.78, 5) is 26.3. The predicted octanol–water partition coefficient (Wildman–Crippen LogP) is 4.35. The Bertz CT molecular complexity index is 1140. The first-order valence-electron chi connectivity index (χ1n) is 9.84. The minimum Gasteiger partial charge on any atom is -0.354 e. The molecule has 3 aliphatic rings. The van der Waals surface area contributed by atoms with E-state index in [0.29, 0.717) is 11.3 Å². The third-order valence-electron chi connectivity index (χ3n) is 5.22. The molecule has 150 valence electrons. The Morgan fingerprint density at radius 3 is 2.60 bits per heavy atom. The van der Waals surface area contributed by atoms with Crippen molar-refractivity contribution < 1.29 is 9.59 Å². The molecular weight excluding hydrogens is 396 g/mol. The van der Waals surface area contributed by atoms with Crippen molar-refractivity contribution in [2.45, 2.75) is 24.7 Å². The van der Waals surface area contributed by atoms with Crippen LogP contribution < -0.4 is 16.1 Å². The van der Waals surface area contributed by atoms with Crippen LogP contribution in [0.25, 0.3) is 4.91 Å². The van der Waals surface area contributed by atoms with Crippen molar-refractivity contribution in [1.82, 2.24) is 5.43 Å². The summed E-state index contributed by atoms with van der Waals surface area (Å²) < 4.78 is 0. The van der Waals surface area contributed by atoms with Gasteiger partial charge in [0.25, 0.3) is 5.91 Å². The molecule has 1 saturated carbocycles. The van der Waals surface area contributed by atoms with E-state index in [1.165, 1.54) is 0 Å². The number of hydrazone groups is 1. The lowest BCUT2D eigenvalue weighted by molar-refractivity contribution is -0.117. The number of benzene rings is 2. The Morgan fingerprint density at radius 2 is 1.90 bits per heavy atom. The summed E-state index contributed by atoms with van der Waals surface area (Å²) in [6, 6.07) is 15.9. The summed E-state index contributed by atoms with van der Waals surface area (Å²) in [5.41, 5.74) is 7.32. The fourth-order valence-corrected chi connectivity index (χ4v) is 4.46. The molecule has 2 aliphatic heterocycles. The standard InChI is InChI=1S/C23H20N4O2S/c1-13-21(23(29)27-26-13)19-12-20(17-4-2-3-5-18(17)25-19)30-16-10-8-15(9-11-16)24-22(28)14-6-7-14/h2-5,8-12,14,25H,6-7H2,1H3,(H,24,28)(H,27,29)/b21-19-. The molecule has 30 heavy (non-hydrogen) atoms. The number of para-hydroxylation sites is 1. The molecule has 0 bridgehead atoms. The average Bonchev–Trinajstić information content (AvgIpc) is 3.54. The van der Waals surface area contributed by atoms with Gasteiger partial charge in [-0.25, -0.2) is 5.43 Å². The van der Waals surface area contributed by atoms with Crippen LogP contribution in [0.2, 0.25) is 0 Å². The van der Waals surface area contributed by atoms with Gasteiger partial charge in [0, 0.05) is 32.7 Å². The first-order chi connectivity index (χ1) is 14.6. The van der Waals surface area contributed by atoms with Crippen molar-refractivity contribution in [1.29, 1.82) is 0 Å². The van der Waals surface area contributed by atoms with Crippen molar-refractivity contribution >= 4 is 45.6 Å². The predicted molar refractivity (Wildman–Crippen MR) is 120 cm³/mol. The Labute approximate surface area is 178 Å².